The molecule has 0 N–H and O–H groups in total. The van der Waals surface area contributed by atoms with Crippen LogP contribution in [-0.4, -0.2) is 0 Å². The van der Waals surface area contributed by atoms with Crippen LogP contribution in [0.1, 0.15) is 0 Å². The Morgan fingerprint density at radius 2 is 0.851 bits per heavy atom. The van der Waals surface area contributed by atoms with Crippen LogP contribution in [0.25, 0.3) is 87.6 Å². The van der Waals surface area contributed by atoms with E-state index in [4.69, 9.17) is 4.74 Å². The highest BCUT2D eigenvalue weighted by Crippen LogP contribution is 2.51. The summed E-state index contributed by atoms with van der Waals surface area (Å²) in [5.74, 6) is 1.75. The van der Waals surface area contributed by atoms with Crippen molar-refractivity contribution in [2.75, 3.05) is 0 Å². The van der Waals surface area contributed by atoms with E-state index in [0.29, 0.717) is 0 Å². The van der Waals surface area contributed by atoms with Crippen molar-refractivity contribution in [3.8, 4) is 56.0 Å². The molecule has 10 rings (SSSR count). The van der Waals surface area contributed by atoms with Crippen LogP contribution in [0.4, 0.5) is 0 Å². The minimum Gasteiger partial charge on any atom is -0.456 e. The first-order chi connectivity index (χ1) is 23.3. The third-order valence-corrected chi connectivity index (χ3v) is 9.86. The van der Waals surface area contributed by atoms with Crippen LogP contribution in [0.3, 0.4) is 0 Å². The Bertz CT molecular complexity index is 2660. The maximum absolute atomic E-state index is 6.79. The molecule has 0 unspecified atom stereocenters. The quantitative estimate of drug-likeness (QED) is 0.180. The Hall–Kier alpha value is -6.18. The first-order valence-corrected chi connectivity index (χ1v) is 16.2. The van der Waals surface area contributed by atoms with Gasteiger partial charge in [0.15, 0.2) is 0 Å². The molecule has 47 heavy (non-hydrogen) atoms. The molecular formula is C46H28O. The largest absolute Gasteiger partial charge is 0.456 e. The van der Waals surface area contributed by atoms with Gasteiger partial charge in [-0.05, 0) is 101 Å². The lowest BCUT2D eigenvalue weighted by Crippen LogP contribution is -1.98. The fourth-order valence-corrected chi connectivity index (χ4v) is 7.83. The predicted octanol–water partition coefficient (Wildman–Crippen LogP) is 13.1. The summed E-state index contributed by atoms with van der Waals surface area (Å²) < 4.78 is 6.79. The summed E-state index contributed by atoms with van der Waals surface area (Å²) in [7, 11) is 0. The lowest BCUT2D eigenvalue weighted by atomic mass is 9.83. The maximum Gasteiger partial charge on any atom is 0.135 e. The number of ether oxygens (including phenoxy) is 1. The van der Waals surface area contributed by atoms with Crippen LogP contribution >= 0.6 is 0 Å². The lowest BCUT2D eigenvalue weighted by molar-refractivity contribution is 0.490. The standard InChI is InChI=1S/C46H28O/c1-2-13-30-28-31(25-24-29(30)12-1)44-36-17-5-7-19-38(36)45(39-20-8-6-18-37(39)44)41-26-27-43-46-35(21-11-22-40(41)46)33-15-4-3-14-32(33)34-16-9-10-23-42(34)47-43/h1-28H. The van der Waals surface area contributed by atoms with Gasteiger partial charge in [-0.2, -0.15) is 0 Å². The summed E-state index contributed by atoms with van der Waals surface area (Å²) >= 11 is 0. The maximum atomic E-state index is 6.79. The number of hydrogen-bond donors (Lipinski definition) is 0. The topological polar surface area (TPSA) is 9.23 Å². The van der Waals surface area contributed by atoms with Crippen LogP contribution in [0, 0.1) is 0 Å². The minimum atomic E-state index is 0.874. The monoisotopic (exact) mass is 596 g/mol. The summed E-state index contributed by atoms with van der Waals surface area (Å²) in [5.41, 5.74) is 9.66. The number of benzene rings is 9. The van der Waals surface area contributed by atoms with E-state index >= 15 is 0 Å². The molecular weight excluding hydrogens is 569 g/mol. The van der Waals surface area contributed by atoms with E-state index in [0.717, 1.165) is 22.4 Å². The van der Waals surface area contributed by atoms with Crippen LogP contribution in [-0.2, 0) is 0 Å². The molecule has 0 fully saturated rings. The van der Waals surface area contributed by atoms with Gasteiger partial charge in [-0.1, -0.05) is 146 Å². The van der Waals surface area contributed by atoms with Crippen molar-refractivity contribution < 1.29 is 4.74 Å². The first kappa shape index (κ1) is 26.1. The zero-order valence-electron chi connectivity index (χ0n) is 25.6. The summed E-state index contributed by atoms with van der Waals surface area (Å²) in [5, 5.41) is 9.81. The highest BCUT2D eigenvalue weighted by Gasteiger charge is 2.23. The number of hydrogen-bond acceptors (Lipinski definition) is 1. The van der Waals surface area contributed by atoms with Gasteiger partial charge in [0.25, 0.3) is 0 Å². The molecule has 1 aliphatic heterocycles. The van der Waals surface area contributed by atoms with Crippen molar-refractivity contribution in [1.29, 1.82) is 0 Å². The molecule has 1 aliphatic rings. The van der Waals surface area contributed by atoms with E-state index in [1.807, 2.05) is 0 Å². The van der Waals surface area contributed by atoms with Crippen molar-refractivity contribution in [3.63, 3.8) is 0 Å². The van der Waals surface area contributed by atoms with E-state index < -0.39 is 0 Å². The smallest absolute Gasteiger partial charge is 0.135 e. The second-order valence-corrected chi connectivity index (χ2v) is 12.4. The SMILES string of the molecule is c1ccc2c(c1)Oc1ccc(-c3c4ccccc4c(-c4ccc5ccccc5c4)c4ccccc34)c3cccc(c13)-c1ccccc1-2. The average Bonchev–Trinajstić information content (AvgIpc) is 3.13. The van der Waals surface area contributed by atoms with Crippen molar-refractivity contribution in [3.05, 3.63) is 170 Å². The third kappa shape index (κ3) is 3.90. The van der Waals surface area contributed by atoms with Crippen LogP contribution in [0.15, 0.2) is 170 Å². The highest BCUT2D eigenvalue weighted by molar-refractivity contribution is 6.25. The van der Waals surface area contributed by atoms with E-state index in [2.05, 4.69) is 170 Å². The van der Waals surface area contributed by atoms with Gasteiger partial charge in [0, 0.05) is 10.9 Å². The van der Waals surface area contributed by atoms with Crippen LogP contribution in [0.5, 0.6) is 11.5 Å². The van der Waals surface area contributed by atoms with Gasteiger partial charge < -0.3 is 4.74 Å². The molecule has 1 nitrogen and oxygen atoms in total. The van der Waals surface area contributed by atoms with Gasteiger partial charge in [-0.25, -0.2) is 0 Å². The van der Waals surface area contributed by atoms with E-state index in [9.17, 15) is 0 Å². The van der Waals surface area contributed by atoms with Crippen LogP contribution < -0.4 is 4.74 Å². The Morgan fingerprint density at radius 1 is 0.298 bits per heavy atom. The fraction of sp³-hybridized carbons (Fsp3) is 0. The van der Waals surface area contributed by atoms with Gasteiger partial charge in [0.1, 0.15) is 11.5 Å². The fourth-order valence-electron chi connectivity index (χ4n) is 7.83. The lowest BCUT2D eigenvalue weighted by Gasteiger charge is -2.23. The number of rotatable bonds is 2. The molecule has 0 bridgehead atoms. The second kappa shape index (κ2) is 10.2. The van der Waals surface area contributed by atoms with Gasteiger partial charge in [-0.15, -0.1) is 0 Å². The minimum absolute atomic E-state index is 0.874. The zero-order valence-corrected chi connectivity index (χ0v) is 25.6. The average molecular weight is 597 g/mol. The van der Waals surface area contributed by atoms with Crippen molar-refractivity contribution in [2.45, 2.75) is 0 Å². The third-order valence-electron chi connectivity index (χ3n) is 9.86. The van der Waals surface area contributed by atoms with Crippen molar-refractivity contribution in [1.82, 2.24) is 0 Å². The Morgan fingerprint density at radius 3 is 1.60 bits per heavy atom. The molecule has 0 radical (unpaired) electrons. The van der Waals surface area contributed by atoms with Crippen molar-refractivity contribution >= 4 is 43.1 Å². The van der Waals surface area contributed by atoms with Gasteiger partial charge in [0.05, 0.1) is 0 Å². The predicted molar refractivity (Wildman–Crippen MR) is 198 cm³/mol. The molecule has 0 atom stereocenters. The molecule has 0 amide bonds. The van der Waals surface area contributed by atoms with Crippen LogP contribution in [0.2, 0.25) is 0 Å². The van der Waals surface area contributed by atoms with Gasteiger partial charge in [0.2, 0.25) is 0 Å². The molecule has 0 aromatic heterocycles. The Kier molecular flexibility index (Phi) is 5.64. The molecule has 1 heteroatoms. The number of fused-ring (bicyclic) bond motifs is 7. The number of para-hydroxylation sites is 1. The summed E-state index contributed by atoms with van der Waals surface area (Å²) in [4.78, 5) is 0. The molecule has 0 saturated heterocycles. The molecule has 218 valence electrons. The normalized spacial score (nSPS) is 12.0. The van der Waals surface area contributed by atoms with Gasteiger partial charge in [-0.3, -0.25) is 0 Å². The molecule has 0 saturated carbocycles. The first-order valence-electron chi connectivity index (χ1n) is 16.2. The zero-order chi connectivity index (χ0) is 30.9. The molecule has 1 heterocycles. The Balaban J connectivity index is 1.31. The van der Waals surface area contributed by atoms with Gasteiger partial charge >= 0.3 is 0 Å². The second-order valence-electron chi connectivity index (χ2n) is 12.4. The molecule has 0 spiro atoms. The molecule has 9 aromatic rings. The molecule has 9 aromatic carbocycles. The van der Waals surface area contributed by atoms with E-state index in [1.165, 1.54) is 76.6 Å². The summed E-state index contributed by atoms with van der Waals surface area (Å²) in [6.45, 7) is 0. The summed E-state index contributed by atoms with van der Waals surface area (Å²) in [6, 6.07) is 61.5. The Labute approximate surface area is 272 Å². The van der Waals surface area contributed by atoms with E-state index in [1.54, 1.807) is 0 Å². The van der Waals surface area contributed by atoms with Crippen molar-refractivity contribution in [2.24, 2.45) is 0 Å². The summed E-state index contributed by atoms with van der Waals surface area (Å²) in [6.07, 6.45) is 0. The van der Waals surface area contributed by atoms with E-state index in [-0.39, 0.29) is 0 Å². The highest BCUT2D eigenvalue weighted by atomic mass is 16.5. The molecule has 0 aliphatic carbocycles.